The number of benzene rings is 1. The Kier molecular flexibility index (Phi) is 3.86. The second-order valence-electron chi connectivity index (χ2n) is 8.97. The Morgan fingerprint density at radius 1 is 1.21 bits per heavy atom. The number of imidazole rings is 1. The fraction of sp³-hybridized carbons (Fsp3) is 0.500. The van der Waals surface area contributed by atoms with Crippen molar-refractivity contribution >= 4 is 11.6 Å². The monoisotopic (exact) mass is 378 g/mol. The summed E-state index contributed by atoms with van der Waals surface area (Å²) in [6, 6.07) is 10.4. The maximum absolute atomic E-state index is 12.9. The summed E-state index contributed by atoms with van der Waals surface area (Å²) >= 11 is 0. The topological polar surface area (TPSA) is 59.7 Å². The van der Waals surface area contributed by atoms with E-state index in [4.69, 9.17) is 4.84 Å². The number of likely N-dealkylation sites (tertiary alicyclic amines) is 1. The van der Waals surface area contributed by atoms with Crippen LogP contribution in [-0.4, -0.2) is 44.8 Å². The predicted octanol–water partition coefficient (Wildman–Crippen LogP) is 3.37. The van der Waals surface area contributed by atoms with Crippen molar-refractivity contribution in [2.24, 2.45) is 22.9 Å². The molecule has 1 amide bonds. The molecule has 2 unspecified atom stereocenters. The molecule has 0 N–H and O–H groups in total. The number of nitrogens with zero attached hydrogens (tertiary/aromatic N) is 4. The molecule has 146 valence electrons. The molecule has 28 heavy (non-hydrogen) atoms. The largest absolute Gasteiger partial charge is 0.389 e. The van der Waals surface area contributed by atoms with Gasteiger partial charge in [-0.3, -0.25) is 4.79 Å². The average Bonchev–Trinajstić information content (AvgIpc) is 3.14. The maximum Gasteiger partial charge on any atom is 0.274 e. The van der Waals surface area contributed by atoms with Crippen molar-refractivity contribution in [3.05, 3.63) is 54.1 Å². The Labute approximate surface area is 165 Å². The van der Waals surface area contributed by atoms with Crippen LogP contribution in [0.5, 0.6) is 0 Å². The first-order chi connectivity index (χ1) is 13.4. The van der Waals surface area contributed by atoms with Gasteiger partial charge >= 0.3 is 0 Å². The van der Waals surface area contributed by atoms with Crippen molar-refractivity contribution in [1.82, 2.24) is 14.5 Å². The SMILES string of the molecule is C[C@@H](c1ccccc1)n1cnc(C(=O)N2CC3C(C2)C3C2=NOC(C)(C)C2)c1. The number of carbonyl (C=O) groups is 1. The van der Waals surface area contributed by atoms with Crippen LogP contribution in [0.25, 0.3) is 0 Å². The quantitative estimate of drug-likeness (QED) is 0.820. The lowest BCUT2D eigenvalue weighted by atomic mass is 9.98. The zero-order valence-electron chi connectivity index (χ0n) is 16.6. The van der Waals surface area contributed by atoms with Crippen molar-refractivity contribution in [1.29, 1.82) is 0 Å². The minimum absolute atomic E-state index is 0.0369. The Hall–Kier alpha value is -2.63. The van der Waals surface area contributed by atoms with Crippen LogP contribution in [0.2, 0.25) is 0 Å². The van der Waals surface area contributed by atoms with Crippen LogP contribution in [0.4, 0.5) is 0 Å². The summed E-state index contributed by atoms with van der Waals surface area (Å²) in [5, 5.41) is 4.31. The molecule has 1 saturated carbocycles. The summed E-state index contributed by atoms with van der Waals surface area (Å²) in [4.78, 5) is 24.8. The second-order valence-corrected chi connectivity index (χ2v) is 8.97. The smallest absolute Gasteiger partial charge is 0.274 e. The van der Waals surface area contributed by atoms with E-state index < -0.39 is 0 Å². The number of rotatable bonds is 4. The summed E-state index contributed by atoms with van der Waals surface area (Å²) in [7, 11) is 0. The van der Waals surface area contributed by atoms with Crippen molar-refractivity contribution in [2.75, 3.05) is 13.1 Å². The van der Waals surface area contributed by atoms with Crippen molar-refractivity contribution in [3.63, 3.8) is 0 Å². The number of amides is 1. The molecular formula is C22H26N4O2. The number of aromatic nitrogens is 2. The van der Waals surface area contributed by atoms with Crippen molar-refractivity contribution in [2.45, 2.75) is 38.8 Å². The first kappa shape index (κ1) is 17.5. The van der Waals surface area contributed by atoms with E-state index >= 15 is 0 Å². The number of piperidine rings is 1. The normalized spacial score (nSPS) is 28.5. The fourth-order valence-corrected chi connectivity index (χ4v) is 4.77. The van der Waals surface area contributed by atoms with Crippen molar-refractivity contribution in [3.8, 4) is 0 Å². The highest BCUT2D eigenvalue weighted by Gasteiger charge is 2.60. The highest BCUT2D eigenvalue weighted by molar-refractivity contribution is 5.94. The summed E-state index contributed by atoms with van der Waals surface area (Å²) in [5.74, 6) is 1.60. The highest BCUT2D eigenvalue weighted by Crippen LogP contribution is 2.54. The molecular weight excluding hydrogens is 352 g/mol. The molecule has 3 aliphatic rings. The number of oxime groups is 1. The molecule has 1 saturated heterocycles. The van der Waals surface area contributed by atoms with Gasteiger partial charge in [-0.25, -0.2) is 4.98 Å². The number of fused-ring (bicyclic) bond motifs is 1. The zero-order valence-corrected chi connectivity index (χ0v) is 16.6. The van der Waals surface area contributed by atoms with Gasteiger partial charge < -0.3 is 14.3 Å². The lowest BCUT2D eigenvalue weighted by Gasteiger charge is -2.19. The van der Waals surface area contributed by atoms with Crippen LogP contribution in [0.1, 0.15) is 49.3 Å². The van der Waals surface area contributed by atoms with E-state index in [0.717, 1.165) is 19.5 Å². The summed E-state index contributed by atoms with van der Waals surface area (Å²) in [6.45, 7) is 7.87. The van der Waals surface area contributed by atoms with E-state index in [0.29, 0.717) is 23.4 Å². The molecule has 6 heteroatoms. The van der Waals surface area contributed by atoms with E-state index in [-0.39, 0.29) is 17.6 Å². The van der Waals surface area contributed by atoms with E-state index in [2.05, 4.69) is 43.0 Å². The predicted molar refractivity (Wildman–Crippen MR) is 106 cm³/mol. The van der Waals surface area contributed by atoms with Gasteiger partial charge in [-0.1, -0.05) is 35.5 Å². The molecule has 5 rings (SSSR count). The van der Waals surface area contributed by atoms with Crippen LogP contribution >= 0.6 is 0 Å². The minimum atomic E-state index is -0.177. The molecule has 0 radical (unpaired) electrons. The molecule has 0 spiro atoms. The minimum Gasteiger partial charge on any atom is -0.389 e. The molecule has 1 aliphatic carbocycles. The average molecular weight is 378 g/mol. The number of carbonyl (C=O) groups excluding carboxylic acids is 1. The third-order valence-corrected chi connectivity index (χ3v) is 6.43. The first-order valence-electron chi connectivity index (χ1n) is 10.1. The van der Waals surface area contributed by atoms with E-state index in [1.54, 1.807) is 6.33 Å². The molecule has 6 nitrogen and oxygen atoms in total. The van der Waals surface area contributed by atoms with E-state index in [9.17, 15) is 4.79 Å². The third-order valence-electron chi connectivity index (χ3n) is 6.43. The van der Waals surface area contributed by atoms with Crippen LogP contribution in [-0.2, 0) is 4.84 Å². The van der Waals surface area contributed by atoms with Gasteiger partial charge in [0.25, 0.3) is 5.91 Å². The van der Waals surface area contributed by atoms with Crippen LogP contribution in [0, 0.1) is 17.8 Å². The second kappa shape index (κ2) is 6.19. The summed E-state index contributed by atoms with van der Waals surface area (Å²) in [5.41, 5.74) is 2.74. The van der Waals surface area contributed by atoms with Gasteiger partial charge in [-0.05, 0) is 38.2 Å². The Balaban J connectivity index is 1.22. The summed E-state index contributed by atoms with van der Waals surface area (Å²) in [6.07, 6.45) is 4.54. The van der Waals surface area contributed by atoms with Gasteiger partial charge in [0.15, 0.2) is 0 Å². The molecule has 2 aromatic rings. The molecule has 2 fully saturated rings. The fourth-order valence-electron chi connectivity index (χ4n) is 4.77. The Morgan fingerprint density at radius 2 is 1.93 bits per heavy atom. The van der Waals surface area contributed by atoms with Gasteiger partial charge in [0.2, 0.25) is 0 Å². The van der Waals surface area contributed by atoms with E-state index in [1.807, 2.05) is 33.9 Å². The van der Waals surface area contributed by atoms with Crippen molar-refractivity contribution < 1.29 is 9.63 Å². The molecule has 0 bridgehead atoms. The zero-order chi connectivity index (χ0) is 19.5. The molecule has 3 heterocycles. The maximum atomic E-state index is 12.9. The highest BCUT2D eigenvalue weighted by atomic mass is 16.7. The molecule has 1 aromatic carbocycles. The van der Waals surface area contributed by atoms with Gasteiger partial charge in [0.05, 0.1) is 18.1 Å². The van der Waals surface area contributed by atoms with Crippen LogP contribution in [0.15, 0.2) is 48.0 Å². The lowest BCUT2D eigenvalue weighted by Crippen LogP contribution is -2.33. The number of hydrogen-bond acceptors (Lipinski definition) is 4. The third kappa shape index (κ3) is 2.91. The molecule has 3 atom stereocenters. The summed E-state index contributed by atoms with van der Waals surface area (Å²) < 4.78 is 2.01. The number of hydrogen-bond donors (Lipinski definition) is 0. The van der Waals surface area contributed by atoms with Gasteiger partial charge in [-0.2, -0.15) is 0 Å². The molecule has 2 aliphatic heterocycles. The Morgan fingerprint density at radius 3 is 2.57 bits per heavy atom. The van der Waals surface area contributed by atoms with Crippen LogP contribution < -0.4 is 0 Å². The van der Waals surface area contributed by atoms with E-state index in [1.165, 1.54) is 11.3 Å². The molecule has 1 aromatic heterocycles. The standard InChI is InChI=1S/C22H26N4O2/c1-14(15-7-5-4-6-8-15)26-12-19(23-13-26)21(27)25-10-16-17(11-25)20(16)18-9-22(2,3)28-24-18/h4-8,12-14,16-17,20H,9-11H2,1-3H3/t14-,16?,17?,20?/m0/s1. The lowest BCUT2D eigenvalue weighted by molar-refractivity contribution is 0.0123. The Bertz CT molecular complexity index is 921. The van der Waals surface area contributed by atoms with Gasteiger partial charge in [0, 0.05) is 31.6 Å². The first-order valence-corrected chi connectivity index (χ1v) is 10.1. The van der Waals surface area contributed by atoms with Gasteiger partial charge in [-0.15, -0.1) is 0 Å². The van der Waals surface area contributed by atoms with Crippen LogP contribution in [0.3, 0.4) is 0 Å². The van der Waals surface area contributed by atoms with Gasteiger partial charge in [0.1, 0.15) is 11.3 Å².